The molecule has 0 aliphatic heterocycles. The van der Waals surface area contributed by atoms with Crippen molar-refractivity contribution in [1.29, 1.82) is 0 Å². The highest BCUT2D eigenvalue weighted by atomic mass is 79.9. The molecule has 0 saturated carbocycles. The molecule has 0 aliphatic rings. The number of rotatable bonds is 4. The Bertz CT molecular complexity index is 405. The fourth-order valence-electron chi connectivity index (χ4n) is 1.21. The third kappa shape index (κ3) is 4.47. The molecule has 0 N–H and O–H groups in total. The summed E-state index contributed by atoms with van der Waals surface area (Å²) in [6, 6.07) is 3.96. The molecule has 0 unspecified atom stereocenters. The van der Waals surface area contributed by atoms with Crippen molar-refractivity contribution in [2.75, 3.05) is 20.2 Å². The zero-order valence-corrected chi connectivity index (χ0v) is 12.1. The monoisotopic (exact) mass is 319 g/mol. The Morgan fingerprint density at radius 3 is 2.71 bits per heavy atom. The molecule has 0 aliphatic carbocycles. The van der Waals surface area contributed by atoms with Gasteiger partial charge in [0.1, 0.15) is 0 Å². The second-order valence-corrected chi connectivity index (χ2v) is 5.95. The molecule has 0 fully saturated rings. The maximum Gasteiger partial charge on any atom is 0.396 e. The highest BCUT2D eigenvalue weighted by Crippen LogP contribution is 2.22. The molecule has 94 valence electrons. The van der Waals surface area contributed by atoms with Crippen LogP contribution in [0, 0.1) is 0 Å². The molecule has 1 aromatic heterocycles. The van der Waals surface area contributed by atoms with E-state index >= 15 is 0 Å². The van der Waals surface area contributed by atoms with Gasteiger partial charge in [-0.1, -0.05) is 0 Å². The Morgan fingerprint density at radius 1 is 1.47 bits per heavy atom. The molecule has 1 aromatic rings. The van der Waals surface area contributed by atoms with Crippen LogP contribution in [0.2, 0.25) is 0 Å². The van der Waals surface area contributed by atoms with Crippen LogP contribution in [0.1, 0.15) is 11.8 Å². The number of nitrogens with zero attached hydrogens (tertiary/aromatic N) is 1. The van der Waals surface area contributed by atoms with Gasteiger partial charge in [0.2, 0.25) is 0 Å². The zero-order chi connectivity index (χ0) is 12.8. The lowest BCUT2D eigenvalue weighted by molar-refractivity contribution is -0.159. The number of carbonyl (C=O) groups excluding carboxylic acids is 2. The van der Waals surface area contributed by atoms with E-state index < -0.39 is 11.9 Å². The summed E-state index contributed by atoms with van der Waals surface area (Å²) in [4.78, 5) is 25.2. The van der Waals surface area contributed by atoms with E-state index in [-0.39, 0.29) is 6.61 Å². The number of likely N-dealkylation sites (N-methyl/N-ethyl adjacent to an activating group) is 1. The van der Waals surface area contributed by atoms with Crippen molar-refractivity contribution in [2.45, 2.75) is 13.3 Å². The van der Waals surface area contributed by atoms with Crippen LogP contribution in [-0.2, 0) is 20.7 Å². The second-order valence-electron chi connectivity index (χ2n) is 3.40. The maximum absolute atomic E-state index is 11.5. The minimum absolute atomic E-state index is 0.219. The van der Waals surface area contributed by atoms with Gasteiger partial charge in [-0.2, -0.15) is 0 Å². The first-order valence-electron chi connectivity index (χ1n) is 5.21. The van der Waals surface area contributed by atoms with Crippen LogP contribution in [0.5, 0.6) is 0 Å². The average Bonchev–Trinajstić information content (AvgIpc) is 2.71. The Morgan fingerprint density at radius 2 is 2.18 bits per heavy atom. The van der Waals surface area contributed by atoms with E-state index in [1.165, 1.54) is 9.78 Å². The van der Waals surface area contributed by atoms with E-state index in [0.29, 0.717) is 6.54 Å². The number of halogens is 1. The zero-order valence-electron chi connectivity index (χ0n) is 9.73. The largest absolute Gasteiger partial charge is 0.459 e. The number of ether oxygens (including phenoxy) is 1. The first-order valence-corrected chi connectivity index (χ1v) is 6.82. The summed E-state index contributed by atoms with van der Waals surface area (Å²) in [6.45, 7) is 2.40. The summed E-state index contributed by atoms with van der Waals surface area (Å²) in [6.07, 6.45) is 0.734. The lowest BCUT2D eigenvalue weighted by atomic mass is 10.3. The lowest BCUT2D eigenvalue weighted by Gasteiger charge is -2.15. The first kappa shape index (κ1) is 14.2. The van der Waals surface area contributed by atoms with Gasteiger partial charge in [-0.25, -0.2) is 4.79 Å². The molecule has 1 amide bonds. The van der Waals surface area contributed by atoms with Crippen molar-refractivity contribution in [1.82, 2.24) is 4.90 Å². The van der Waals surface area contributed by atoms with Gasteiger partial charge in [0, 0.05) is 18.5 Å². The summed E-state index contributed by atoms with van der Waals surface area (Å²) >= 11 is 5.00. The topological polar surface area (TPSA) is 46.6 Å². The molecule has 1 heterocycles. The second kappa shape index (κ2) is 6.76. The minimum Gasteiger partial charge on any atom is -0.459 e. The summed E-state index contributed by atoms with van der Waals surface area (Å²) in [7, 11) is 1.60. The minimum atomic E-state index is -0.789. The van der Waals surface area contributed by atoms with Gasteiger partial charge in [0.25, 0.3) is 0 Å². The van der Waals surface area contributed by atoms with Gasteiger partial charge in [0.05, 0.1) is 10.4 Å². The quantitative estimate of drug-likeness (QED) is 0.630. The maximum atomic E-state index is 11.5. The van der Waals surface area contributed by atoms with Crippen LogP contribution in [0.25, 0.3) is 0 Å². The van der Waals surface area contributed by atoms with Crippen LogP contribution in [0.3, 0.4) is 0 Å². The van der Waals surface area contributed by atoms with E-state index in [4.69, 9.17) is 0 Å². The molecule has 0 saturated heterocycles. The molecule has 0 radical (unpaired) electrons. The number of thiophene rings is 1. The molecular formula is C11H14BrNO3S. The van der Waals surface area contributed by atoms with Crippen molar-refractivity contribution in [2.24, 2.45) is 0 Å². The van der Waals surface area contributed by atoms with Gasteiger partial charge < -0.3 is 9.64 Å². The highest BCUT2D eigenvalue weighted by molar-refractivity contribution is 9.11. The molecule has 0 aromatic carbocycles. The van der Waals surface area contributed by atoms with Crippen LogP contribution >= 0.6 is 27.3 Å². The van der Waals surface area contributed by atoms with Gasteiger partial charge in [-0.05, 0) is 41.4 Å². The number of amides is 1. The molecule has 0 bridgehead atoms. The normalized spacial score (nSPS) is 10.1. The van der Waals surface area contributed by atoms with Crippen LogP contribution in [0.4, 0.5) is 0 Å². The smallest absolute Gasteiger partial charge is 0.396 e. The van der Waals surface area contributed by atoms with Crippen LogP contribution in [0.15, 0.2) is 15.9 Å². The Balaban J connectivity index is 2.41. The van der Waals surface area contributed by atoms with Gasteiger partial charge >= 0.3 is 11.9 Å². The molecular weight excluding hydrogens is 306 g/mol. The van der Waals surface area contributed by atoms with Gasteiger partial charge in [-0.15, -0.1) is 11.3 Å². The molecule has 1 rings (SSSR count). The number of hydrogen-bond acceptors (Lipinski definition) is 4. The number of hydrogen-bond donors (Lipinski definition) is 0. The predicted molar refractivity (Wildman–Crippen MR) is 70.0 cm³/mol. The van der Waals surface area contributed by atoms with E-state index in [9.17, 15) is 9.59 Å². The van der Waals surface area contributed by atoms with Gasteiger partial charge in [-0.3, -0.25) is 4.79 Å². The van der Waals surface area contributed by atoms with Crippen LogP contribution in [-0.4, -0.2) is 37.0 Å². The predicted octanol–water partition coefficient (Wildman–Crippen LogP) is 2.07. The molecule has 6 heteroatoms. The van der Waals surface area contributed by atoms with Gasteiger partial charge in [0.15, 0.2) is 0 Å². The van der Waals surface area contributed by atoms with Crippen molar-refractivity contribution in [3.63, 3.8) is 0 Å². The summed E-state index contributed by atoms with van der Waals surface area (Å²) in [5, 5.41) is 0. The number of carbonyl (C=O) groups is 2. The summed E-state index contributed by atoms with van der Waals surface area (Å²) in [5.74, 6) is -1.38. The first-order chi connectivity index (χ1) is 8.04. The van der Waals surface area contributed by atoms with Crippen molar-refractivity contribution >= 4 is 39.1 Å². The van der Waals surface area contributed by atoms with E-state index in [1.54, 1.807) is 25.3 Å². The number of esters is 1. The molecule has 4 nitrogen and oxygen atoms in total. The van der Waals surface area contributed by atoms with E-state index in [1.807, 2.05) is 12.1 Å². The molecule has 0 atom stereocenters. The standard InChI is InChI=1S/C11H14BrNO3S/c1-3-16-11(15)10(14)13(2)7-6-8-4-5-9(12)17-8/h4-5H,3,6-7H2,1-2H3. The third-order valence-corrected chi connectivity index (χ3v) is 3.80. The SMILES string of the molecule is CCOC(=O)C(=O)N(C)CCc1ccc(Br)s1. The van der Waals surface area contributed by atoms with E-state index in [2.05, 4.69) is 20.7 Å². The summed E-state index contributed by atoms with van der Waals surface area (Å²) in [5.41, 5.74) is 0. The fourth-order valence-corrected chi connectivity index (χ4v) is 2.69. The fraction of sp³-hybridized carbons (Fsp3) is 0.455. The van der Waals surface area contributed by atoms with Crippen molar-refractivity contribution in [3.8, 4) is 0 Å². The highest BCUT2D eigenvalue weighted by Gasteiger charge is 2.19. The Hall–Kier alpha value is -0.880. The summed E-state index contributed by atoms with van der Waals surface area (Å²) < 4.78 is 5.71. The van der Waals surface area contributed by atoms with Crippen LogP contribution < -0.4 is 0 Å². The molecule has 17 heavy (non-hydrogen) atoms. The average molecular weight is 320 g/mol. The Kier molecular flexibility index (Phi) is 5.64. The lowest BCUT2D eigenvalue weighted by Crippen LogP contribution is -2.35. The van der Waals surface area contributed by atoms with Crippen molar-refractivity contribution < 1.29 is 14.3 Å². The molecule has 0 spiro atoms. The van der Waals surface area contributed by atoms with E-state index in [0.717, 1.165) is 10.2 Å². The van der Waals surface area contributed by atoms with Crippen molar-refractivity contribution in [3.05, 3.63) is 20.8 Å². The Labute approximate surface area is 113 Å². The third-order valence-electron chi connectivity index (χ3n) is 2.12.